The number of ether oxygens (including phenoxy) is 1. The van der Waals surface area contributed by atoms with Crippen LogP contribution in [0.3, 0.4) is 0 Å². The predicted molar refractivity (Wildman–Crippen MR) is 78.2 cm³/mol. The van der Waals surface area contributed by atoms with Crippen molar-refractivity contribution in [2.45, 2.75) is 52.0 Å². The summed E-state index contributed by atoms with van der Waals surface area (Å²) in [6.45, 7) is 9.71. The van der Waals surface area contributed by atoms with Crippen LogP contribution in [0.1, 0.15) is 46.5 Å². The van der Waals surface area contributed by atoms with Crippen LogP contribution in [0.4, 0.5) is 0 Å². The maximum Gasteiger partial charge on any atom is 0.326 e. The highest BCUT2D eigenvalue weighted by Gasteiger charge is 2.33. The monoisotopic (exact) mass is 270 g/mol. The molecule has 0 saturated heterocycles. The molecule has 19 heavy (non-hydrogen) atoms. The maximum atomic E-state index is 12.0. The van der Waals surface area contributed by atoms with Crippen molar-refractivity contribution >= 4 is 5.97 Å². The van der Waals surface area contributed by atoms with E-state index in [9.17, 15) is 4.79 Å². The van der Waals surface area contributed by atoms with Crippen LogP contribution in [0, 0.1) is 5.92 Å². The summed E-state index contributed by atoms with van der Waals surface area (Å²) in [6, 6.07) is 0. The first-order chi connectivity index (χ1) is 9.05. The molecule has 0 heterocycles. The summed E-state index contributed by atoms with van der Waals surface area (Å²) in [6.07, 6.45) is 4.72. The molecule has 0 radical (unpaired) electrons. The molecule has 1 unspecified atom stereocenters. The summed E-state index contributed by atoms with van der Waals surface area (Å²) in [7, 11) is 1.84. The van der Waals surface area contributed by atoms with E-state index in [1.807, 2.05) is 20.9 Å². The van der Waals surface area contributed by atoms with Crippen LogP contribution in [0.15, 0.2) is 0 Å². The third-order valence-electron chi connectivity index (χ3n) is 3.96. The van der Waals surface area contributed by atoms with Gasteiger partial charge in [0.15, 0.2) is 0 Å². The minimum absolute atomic E-state index is 0.139. The van der Waals surface area contributed by atoms with Gasteiger partial charge in [0.05, 0.1) is 6.61 Å². The molecule has 0 bridgehead atoms. The van der Waals surface area contributed by atoms with Gasteiger partial charge in [-0.15, -0.1) is 0 Å². The Labute approximate surface area is 117 Å². The molecular weight excluding hydrogens is 240 g/mol. The molecule has 1 fully saturated rings. The third-order valence-corrected chi connectivity index (χ3v) is 3.96. The summed E-state index contributed by atoms with van der Waals surface area (Å²) in [5, 5.41) is 3.13. The number of likely N-dealkylation sites (N-methyl/N-ethyl adjacent to an activating group) is 1. The van der Waals surface area contributed by atoms with E-state index in [0.717, 1.165) is 25.4 Å². The fraction of sp³-hybridized carbons (Fsp3) is 0.933. The molecule has 0 aromatic carbocycles. The van der Waals surface area contributed by atoms with E-state index in [1.165, 1.54) is 25.8 Å². The van der Waals surface area contributed by atoms with Gasteiger partial charge in [-0.25, -0.2) is 0 Å². The van der Waals surface area contributed by atoms with Crippen molar-refractivity contribution in [3.63, 3.8) is 0 Å². The lowest BCUT2D eigenvalue weighted by Gasteiger charge is -2.30. The highest BCUT2D eigenvalue weighted by molar-refractivity contribution is 5.80. The van der Waals surface area contributed by atoms with E-state index in [2.05, 4.69) is 17.1 Å². The Morgan fingerprint density at radius 1 is 1.37 bits per heavy atom. The Morgan fingerprint density at radius 3 is 2.53 bits per heavy atom. The standard InChI is InChI=1S/C15H30N2O2/c1-5-10-17(12-13-7-8-13)11-9-15(3,16-4)14(18)19-6-2/h13,16H,5-12H2,1-4H3. The molecule has 0 aromatic rings. The third kappa shape index (κ3) is 5.49. The smallest absolute Gasteiger partial charge is 0.326 e. The van der Waals surface area contributed by atoms with Gasteiger partial charge < -0.3 is 15.0 Å². The molecule has 0 aliphatic heterocycles. The first-order valence-corrected chi connectivity index (χ1v) is 7.64. The minimum Gasteiger partial charge on any atom is -0.465 e. The number of rotatable bonds is 10. The SMILES string of the molecule is CCCN(CCC(C)(NC)C(=O)OCC)CC1CC1. The van der Waals surface area contributed by atoms with Crippen LogP contribution < -0.4 is 5.32 Å². The number of esters is 1. The number of nitrogens with zero attached hydrogens (tertiary/aromatic N) is 1. The van der Waals surface area contributed by atoms with Gasteiger partial charge >= 0.3 is 5.97 Å². The van der Waals surface area contributed by atoms with Crippen LogP contribution in [-0.4, -0.2) is 49.7 Å². The molecule has 0 amide bonds. The second kappa shape index (κ2) is 7.85. The van der Waals surface area contributed by atoms with Gasteiger partial charge in [-0.3, -0.25) is 4.79 Å². The Bertz CT molecular complexity index is 279. The predicted octanol–water partition coefficient (Wildman–Crippen LogP) is 2.04. The van der Waals surface area contributed by atoms with Crippen LogP contribution in [0.5, 0.6) is 0 Å². The van der Waals surface area contributed by atoms with Crippen molar-refractivity contribution in [1.29, 1.82) is 0 Å². The van der Waals surface area contributed by atoms with Crippen molar-refractivity contribution < 1.29 is 9.53 Å². The molecule has 1 aliphatic rings. The zero-order valence-electron chi connectivity index (χ0n) is 13.0. The Balaban J connectivity index is 2.45. The van der Waals surface area contributed by atoms with E-state index < -0.39 is 5.54 Å². The Hall–Kier alpha value is -0.610. The Morgan fingerprint density at radius 2 is 2.05 bits per heavy atom. The van der Waals surface area contributed by atoms with Crippen LogP contribution in [-0.2, 0) is 9.53 Å². The van der Waals surface area contributed by atoms with Crippen molar-refractivity contribution in [3.05, 3.63) is 0 Å². The van der Waals surface area contributed by atoms with E-state index >= 15 is 0 Å². The fourth-order valence-electron chi connectivity index (χ4n) is 2.28. The molecule has 1 aliphatic carbocycles. The quantitative estimate of drug-likeness (QED) is 0.617. The fourth-order valence-corrected chi connectivity index (χ4v) is 2.28. The van der Waals surface area contributed by atoms with Crippen molar-refractivity contribution in [1.82, 2.24) is 10.2 Å². The number of hydrogen-bond donors (Lipinski definition) is 1. The average Bonchev–Trinajstić information content (AvgIpc) is 3.20. The van der Waals surface area contributed by atoms with E-state index in [-0.39, 0.29) is 5.97 Å². The summed E-state index contributed by atoms with van der Waals surface area (Å²) in [5.74, 6) is 0.760. The van der Waals surface area contributed by atoms with Gasteiger partial charge in [-0.2, -0.15) is 0 Å². The molecule has 1 atom stereocenters. The van der Waals surface area contributed by atoms with Crippen LogP contribution in [0.25, 0.3) is 0 Å². The number of nitrogens with one attached hydrogen (secondary N) is 1. The van der Waals surface area contributed by atoms with Crippen molar-refractivity contribution in [2.75, 3.05) is 33.3 Å². The molecule has 1 rings (SSSR count). The van der Waals surface area contributed by atoms with Gasteiger partial charge in [-0.1, -0.05) is 6.92 Å². The molecule has 0 spiro atoms. The van der Waals surface area contributed by atoms with Gasteiger partial charge in [0.25, 0.3) is 0 Å². The number of carbonyl (C=O) groups excluding carboxylic acids is 1. The van der Waals surface area contributed by atoms with Gasteiger partial charge in [0.2, 0.25) is 0 Å². The zero-order chi connectivity index (χ0) is 14.3. The highest BCUT2D eigenvalue weighted by atomic mass is 16.5. The molecule has 1 N–H and O–H groups in total. The summed E-state index contributed by atoms with van der Waals surface area (Å²) < 4.78 is 5.16. The lowest BCUT2D eigenvalue weighted by Crippen LogP contribution is -2.50. The first-order valence-electron chi connectivity index (χ1n) is 7.64. The summed E-state index contributed by atoms with van der Waals surface area (Å²) in [4.78, 5) is 14.5. The minimum atomic E-state index is -0.564. The molecule has 0 aromatic heterocycles. The summed E-state index contributed by atoms with van der Waals surface area (Å²) >= 11 is 0. The van der Waals surface area contributed by atoms with Gasteiger partial charge in [0, 0.05) is 13.1 Å². The second-order valence-corrected chi connectivity index (χ2v) is 5.80. The van der Waals surface area contributed by atoms with Crippen LogP contribution >= 0.6 is 0 Å². The van der Waals surface area contributed by atoms with Crippen molar-refractivity contribution in [2.24, 2.45) is 5.92 Å². The van der Waals surface area contributed by atoms with Gasteiger partial charge in [-0.05, 0) is 59.0 Å². The normalized spacial score (nSPS) is 18.4. The van der Waals surface area contributed by atoms with E-state index in [1.54, 1.807) is 0 Å². The highest BCUT2D eigenvalue weighted by Crippen LogP contribution is 2.30. The molecule has 4 heteroatoms. The van der Waals surface area contributed by atoms with E-state index in [4.69, 9.17) is 4.74 Å². The lowest BCUT2D eigenvalue weighted by atomic mass is 9.97. The molecule has 1 saturated carbocycles. The Kier molecular flexibility index (Phi) is 6.80. The largest absolute Gasteiger partial charge is 0.465 e. The lowest BCUT2D eigenvalue weighted by molar-refractivity contribution is -0.150. The van der Waals surface area contributed by atoms with Crippen molar-refractivity contribution in [3.8, 4) is 0 Å². The number of hydrogen-bond acceptors (Lipinski definition) is 4. The zero-order valence-corrected chi connectivity index (χ0v) is 13.0. The molecule has 4 nitrogen and oxygen atoms in total. The average molecular weight is 270 g/mol. The second-order valence-electron chi connectivity index (χ2n) is 5.80. The first kappa shape index (κ1) is 16.4. The molecule has 112 valence electrons. The molecular formula is C15H30N2O2. The topological polar surface area (TPSA) is 41.6 Å². The number of carbonyl (C=O) groups is 1. The van der Waals surface area contributed by atoms with E-state index in [0.29, 0.717) is 6.61 Å². The van der Waals surface area contributed by atoms with Gasteiger partial charge in [0.1, 0.15) is 5.54 Å². The van der Waals surface area contributed by atoms with Crippen LogP contribution in [0.2, 0.25) is 0 Å². The maximum absolute atomic E-state index is 12.0. The summed E-state index contributed by atoms with van der Waals surface area (Å²) in [5.41, 5.74) is -0.564.